The molecule has 0 aromatic carbocycles. The van der Waals surface area contributed by atoms with Gasteiger partial charge in [-0.1, -0.05) is 13.3 Å². The van der Waals surface area contributed by atoms with Gasteiger partial charge in [0.15, 0.2) is 0 Å². The van der Waals surface area contributed by atoms with Crippen molar-refractivity contribution in [2.24, 2.45) is 0 Å². The third-order valence-corrected chi connectivity index (χ3v) is 2.90. The standard InChI is InChI=1S/C12H18N2/c1-3-5-11-9(2)14-8-10-6-4-7-13-12(10)11/h8,13H,3-7H2,1-2H3. The summed E-state index contributed by atoms with van der Waals surface area (Å²) in [6, 6.07) is 0. The maximum atomic E-state index is 4.47. The number of aryl methyl sites for hydroxylation is 2. The largest absolute Gasteiger partial charge is 0.384 e. The third-order valence-electron chi connectivity index (χ3n) is 2.90. The monoisotopic (exact) mass is 190 g/mol. The molecule has 76 valence electrons. The molecule has 1 aliphatic rings. The van der Waals surface area contributed by atoms with E-state index in [0.29, 0.717) is 0 Å². The molecule has 2 heterocycles. The zero-order valence-electron chi connectivity index (χ0n) is 9.06. The highest BCUT2D eigenvalue weighted by atomic mass is 14.9. The van der Waals surface area contributed by atoms with E-state index in [2.05, 4.69) is 24.1 Å². The molecule has 0 radical (unpaired) electrons. The second-order valence-electron chi connectivity index (χ2n) is 4.00. The van der Waals surface area contributed by atoms with Gasteiger partial charge >= 0.3 is 0 Å². The van der Waals surface area contributed by atoms with E-state index < -0.39 is 0 Å². The molecule has 0 amide bonds. The van der Waals surface area contributed by atoms with Gasteiger partial charge < -0.3 is 5.32 Å². The van der Waals surface area contributed by atoms with Crippen LogP contribution in [0.2, 0.25) is 0 Å². The van der Waals surface area contributed by atoms with Crippen molar-refractivity contribution in [2.75, 3.05) is 11.9 Å². The molecule has 0 atom stereocenters. The van der Waals surface area contributed by atoms with Gasteiger partial charge in [-0.3, -0.25) is 4.98 Å². The van der Waals surface area contributed by atoms with Crippen LogP contribution in [-0.4, -0.2) is 11.5 Å². The number of rotatable bonds is 2. The van der Waals surface area contributed by atoms with Crippen LogP contribution in [0.1, 0.15) is 36.6 Å². The minimum Gasteiger partial charge on any atom is -0.384 e. The number of anilines is 1. The highest BCUT2D eigenvalue weighted by Gasteiger charge is 2.14. The van der Waals surface area contributed by atoms with Gasteiger partial charge in [0, 0.05) is 24.1 Å². The molecule has 0 saturated heterocycles. The first kappa shape index (κ1) is 9.50. The molecular weight excluding hydrogens is 172 g/mol. The van der Waals surface area contributed by atoms with Crippen molar-refractivity contribution in [3.8, 4) is 0 Å². The van der Waals surface area contributed by atoms with E-state index in [1.165, 1.54) is 41.8 Å². The lowest BCUT2D eigenvalue weighted by molar-refractivity contribution is 0.803. The van der Waals surface area contributed by atoms with Gasteiger partial charge in [0.1, 0.15) is 0 Å². The van der Waals surface area contributed by atoms with E-state index in [9.17, 15) is 0 Å². The average molecular weight is 190 g/mol. The summed E-state index contributed by atoms with van der Waals surface area (Å²) < 4.78 is 0. The Morgan fingerprint density at radius 3 is 3.14 bits per heavy atom. The Morgan fingerprint density at radius 1 is 1.50 bits per heavy atom. The molecular formula is C12H18N2. The Labute approximate surface area is 85.7 Å². The first-order valence-corrected chi connectivity index (χ1v) is 5.54. The number of pyridine rings is 1. The van der Waals surface area contributed by atoms with Crippen LogP contribution in [0.4, 0.5) is 5.69 Å². The summed E-state index contributed by atoms with van der Waals surface area (Å²) in [5.41, 5.74) is 5.42. The number of nitrogens with zero attached hydrogens (tertiary/aromatic N) is 1. The van der Waals surface area contributed by atoms with Crippen LogP contribution in [0, 0.1) is 6.92 Å². The van der Waals surface area contributed by atoms with Crippen molar-refractivity contribution in [3.63, 3.8) is 0 Å². The summed E-state index contributed by atoms with van der Waals surface area (Å²) in [7, 11) is 0. The van der Waals surface area contributed by atoms with Gasteiger partial charge in [-0.05, 0) is 37.3 Å². The molecule has 0 spiro atoms. The lowest BCUT2D eigenvalue weighted by Crippen LogP contribution is -2.15. The van der Waals surface area contributed by atoms with Crippen molar-refractivity contribution in [3.05, 3.63) is 23.0 Å². The van der Waals surface area contributed by atoms with E-state index in [-0.39, 0.29) is 0 Å². The van der Waals surface area contributed by atoms with Crippen LogP contribution in [0.15, 0.2) is 6.20 Å². The summed E-state index contributed by atoms with van der Waals surface area (Å²) in [6.07, 6.45) is 6.81. The number of hydrogen-bond donors (Lipinski definition) is 1. The molecule has 0 aliphatic carbocycles. The zero-order chi connectivity index (χ0) is 9.97. The molecule has 1 N–H and O–H groups in total. The van der Waals surface area contributed by atoms with E-state index in [4.69, 9.17) is 0 Å². The van der Waals surface area contributed by atoms with Gasteiger partial charge in [0.05, 0.1) is 0 Å². The number of nitrogens with one attached hydrogen (secondary N) is 1. The molecule has 1 aromatic rings. The zero-order valence-corrected chi connectivity index (χ0v) is 9.06. The summed E-state index contributed by atoms with van der Waals surface area (Å²) in [4.78, 5) is 4.47. The molecule has 2 rings (SSSR count). The van der Waals surface area contributed by atoms with Crippen LogP contribution in [0.25, 0.3) is 0 Å². The summed E-state index contributed by atoms with van der Waals surface area (Å²) >= 11 is 0. The van der Waals surface area contributed by atoms with Crippen molar-refractivity contribution in [1.82, 2.24) is 4.98 Å². The lowest BCUT2D eigenvalue weighted by Gasteiger charge is -2.22. The molecule has 2 nitrogen and oxygen atoms in total. The predicted octanol–water partition coefficient (Wildman–Crippen LogP) is 2.70. The molecule has 14 heavy (non-hydrogen) atoms. The fraction of sp³-hybridized carbons (Fsp3) is 0.583. The molecule has 0 fully saturated rings. The fourth-order valence-electron chi connectivity index (χ4n) is 2.15. The Morgan fingerprint density at radius 2 is 2.36 bits per heavy atom. The third kappa shape index (κ3) is 1.61. The van der Waals surface area contributed by atoms with Crippen molar-refractivity contribution in [1.29, 1.82) is 0 Å². The van der Waals surface area contributed by atoms with Gasteiger partial charge in [-0.25, -0.2) is 0 Å². The Kier molecular flexibility index (Phi) is 2.71. The first-order valence-electron chi connectivity index (χ1n) is 5.54. The second kappa shape index (κ2) is 3.99. The van der Waals surface area contributed by atoms with Crippen LogP contribution in [0.3, 0.4) is 0 Å². The molecule has 2 heteroatoms. The normalized spacial score (nSPS) is 14.7. The average Bonchev–Trinajstić information content (AvgIpc) is 2.23. The summed E-state index contributed by atoms with van der Waals surface area (Å²) in [6.45, 7) is 5.45. The minimum atomic E-state index is 1.12. The van der Waals surface area contributed by atoms with Crippen molar-refractivity contribution < 1.29 is 0 Å². The number of fused-ring (bicyclic) bond motifs is 1. The van der Waals surface area contributed by atoms with E-state index >= 15 is 0 Å². The molecule has 0 bridgehead atoms. The minimum absolute atomic E-state index is 1.12. The summed E-state index contributed by atoms with van der Waals surface area (Å²) in [5.74, 6) is 0. The lowest BCUT2D eigenvalue weighted by atomic mass is 9.98. The Balaban J connectivity index is 2.43. The first-order chi connectivity index (χ1) is 6.83. The van der Waals surface area contributed by atoms with Gasteiger partial charge in [0.25, 0.3) is 0 Å². The van der Waals surface area contributed by atoms with Gasteiger partial charge in [0.2, 0.25) is 0 Å². The van der Waals surface area contributed by atoms with Gasteiger partial charge in [-0.15, -0.1) is 0 Å². The Hall–Kier alpha value is -1.05. The maximum absolute atomic E-state index is 4.47. The van der Waals surface area contributed by atoms with E-state index in [0.717, 1.165) is 13.0 Å². The van der Waals surface area contributed by atoms with E-state index in [1.807, 2.05) is 6.20 Å². The van der Waals surface area contributed by atoms with Gasteiger partial charge in [-0.2, -0.15) is 0 Å². The quantitative estimate of drug-likeness (QED) is 0.775. The highest BCUT2D eigenvalue weighted by Crippen LogP contribution is 2.27. The molecule has 1 aliphatic heterocycles. The van der Waals surface area contributed by atoms with Crippen LogP contribution < -0.4 is 5.32 Å². The topological polar surface area (TPSA) is 24.9 Å². The van der Waals surface area contributed by atoms with Crippen LogP contribution in [0.5, 0.6) is 0 Å². The Bertz CT molecular complexity index is 331. The number of hydrogen-bond acceptors (Lipinski definition) is 2. The molecule has 0 unspecified atom stereocenters. The predicted molar refractivity (Wildman–Crippen MR) is 59.8 cm³/mol. The van der Waals surface area contributed by atoms with Crippen LogP contribution >= 0.6 is 0 Å². The molecule has 1 aromatic heterocycles. The SMILES string of the molecule is CCCc1c(C)ncc2c1NCCC2. The van der Waals surface area contributed by atoms with Crippen LogP contribution in [-0.2, 0) is 12.8 Å². The number of aromatic nitrogens is 1. The highest BCUT2D eigenvalue weighted by molar-refractivity contribution is 5.59. The smallest absolute Gasteiger partial charge is 0.0438 e. The molecule has 0 saturated carbocycles. The van der Waals surface area contributed by atoms with Crippen molar-refractivity contribution >= 4 is 5.69 Å². The second-order valence-corrected chi connectivity index (χ2v) is 4.00. The summed E-state index contributed by atoms with van der Waals surface area (Å²) in [5, 5.41) is 3.52. The maximum Gasteiger partial charge on any atom is 0.0438 e. The van der Waals surface area contributed by atoms with E-state index in [1.54, 1.807) is 0 Å². The van der Waals surface area contributed by atoms with Crippen molar-refractivity contribution in [2.45, 2.75) is 39.5 Å². The fourth-order valence-corrected chi connectivity index (χ4v) is 2.15.